The molecule has 2 fully saturated rings. The van der Waals surface area contributed by atoms with Crippen LogP contribution >= 0.6 is 0 Å². The van der Waals surface area contributed by atoms with E-state index in [-0.39, 0.29) is 18.2 Å². The van der Waals surface area contributed by atoms with E-state index in [4.69, 9.17) is 23.7 Å². The monoisotopic (exact) mass is 322 g/mol. The number of carbonyl (C=O) groups is 1. The van der Waals surface area contributed by atoms with Gasteiger partial charge in [-0.05, 0) is 36.5 Å². The third kappa shape index (κ3) is 3.49. The summed E-state index contributed by atoms with van der Waals surface area (Å²) in [5.74, 6) is 0.669. The van der Waals surface area contributed by atoms with Crippen LogP contribution in [0, 0.1) is 0 Å². The molecule has 0 saturated carbocycles. The molecule has 0 aromatic heterocycles. The number of benzene rings is 1. The summed E-state index contributed by atoms with van der Waals surface area (Å²) in [6.45, 7) is 1.71. The van der Waals surface area contributed by atoms with Gasteiger partial charge in [-0.2, -0.15) is 0 Å². The molecule has 0 N–H and O–H groups in total. The summed E-state index contributed by atoms with van der Waals surface area (Å²) >= 11 is 0. The molecule has 2 atom stereocenters. The fraction of sp³-hybridized carbons (Fsp3) is 0.588. The van der Waals surface area contributed by atoms with E-state index in [1.54, 1.807) is 7.11 Å². The van der Waals surface area contributed by atoms with Crippen LogP contribution in [0.15, 0.2) is 18.2 Å². The molecular formula is C17H22O6. The lowest BCUT2D eigenvalue weighted by molar-refractivity contribution is -0.157. The molecule has 0 radical (unpaired) electrons. The van der Waals surface area contributed by atoms with Gasteiger partial charge in [-0.3, -0.25) is 0 Å². The molecule has 2 saturated heterocycles. The second kappa shape index (κ2) is 7.29. The average Bonchev–Trinajstić information content (AvgIpc) is 3.15. The van der Waals surface area contributed by atoms with Gasteiger partial charge in [-0.25, -0.2) is 4.79 Å². The summed E-state index contributed by atoms with van der Waals surface area (Å²) in [4.78, 5) is 11.7. The van der Waals surface area contributed by atoms with Crippen LogP contribution in [0.2, 0.25) is 0 Å². The first-order chi connectivity index (χ1) is 11.2. The van der Waals surface area contributed by atoms with Crippen molar-refractivity contribution in [1.29, 1.82) is 0 Å². The second-order valence-corrected chi connectivity index (χ2v) is 5.68. The molecule has 0 aliphatic carbocycles. The minimum Gasteiger partial charge on any atom is -0.496 e. The molecule has 3 rings (SSSR count). The van der Waals surface area contributed by atoms with Crippen molar-refractivity contribution in [3.63, 3.8) is 0 Å². The Morgan fingerprint density at radius 3 is 2.61 bits per heavy atom. The van der Waals surface area contributed by atoms with E-state index < -0.39 is 6.10 Å². The minimum absolute atomic E-state index is 0.235. The van der Waals surface area contributed by atoms with Crippen molar-refractivity contribution in [2.75, 3.05) is 34.0 Å². The van der Waals surface area contributed by atoms with Gasteiger partial charge in [-0.1, -0.05) is 6.07 Å². The molecule has 2 unspecified atom stereocenters. The molecule has 126 valence electrons. The van der Waals surface area contributed by atoms with Crippen molar-refractivity contribution >= 4 is 5.97 Å². The third-order valence-electron chi connectivity index (χ3n) is 4.35. The normalized spacial score (nSPS) is 25.3. The predicted molar refractivity (Wildman–Crippen MR) is 81.4 cm³/mol. The molecule has 23 heavy (non-hydrogen) atoms. The highest BCUT2D eigenvalue weighted by atomic mass is 16.7. The van der Waals surface area contributed by atoms with Crippen molar-refractivity contribution < 1.29 is 28.5 Å². The summed E-state index contributed by atoms with van der Waals surface area (Å²) in [5, 5.41) is 0. The summed E-state index contributed by atoms with van der Waals surface area (Å²) in [7, 11) is 3.02. The fourth-order valence-electron chi connectivity index (χ4n) is 3.12. The first-order valence-electron chi connectivity index (χ1n) is 7.83. The van der Waals surface area contributed by atoms with Gasteiger partial charge in [0.25, 0.3) is 0 Å². The lowest BCUT2D eigenvalue weighted by atomic mass is 9.87. The van der Waals surface area contributed by atoms with Gasteiger partial charge in [-0.15, -0.1) is 0 Å². The Morgan fingerprint density at radius 1 is 1.13 bits per heavy atom. The van der Waals surface area contributed by atoms with Crippen LogP contribution in [-0.2, 0) is 23.7 Å². The van der Waals surface area contributed by atoms with Crippen LogP contribution in [0.4, 0.5) is 0 Å². The van der Waals surface area contributed by atoms with Gasteiger partial charge >= 0.3 is 5.97 Å². The fourth-order valence-corrected chi connectivity index (χ4v) is 3.12. The Kier molecular flexibility index (Phi) is 5.15. The second-order valence-electron chi connectivity index (χ2n) is 5.68. The molecule has 2 aliphatic heterocycles. The van der Waals surface area contributed by atoms with Crippen molar-refractivity contribution in [2.24, 2.45) is 0 Å². The Morgan fingerprint density at radius 2 is 1.91 bits per heavy atom. The number of hydrogen-bond acceptors (Lipinski definition) is 6. The summed E-state index contributed by atoms with van der Waals surface area (Å²) < 4.78 is 26.9. The highest BCUT2D eigenvalue weighted by molar-refractivity contribution is 5.74. The highest BCUT2D eigenvalue weighted by Crippen LogP contribution is 2.37. The first-order valence-corrected chi connectivity index (χ1v) is 7.83. The SMILES string of the molecule is COC(=O)C1CC(c2ccc(OC)c(C3OCCO3)c2)CCO1. The minimum atomic E-state index is -0.497. The van der Waals surface area contributed by atoms with Crippen LogP contribution in [0.1, 0.15) is 36.2 Å². The van der Waals surface area contributed by atoms with Crippen molar-refractivity contribution in [3.05, 3.63) is 29.3 Å². The number of ether oxygens (including phenoxy) is 5. The number of methoxy groups -OCH3 is 2. The molecule has 6 nitrogen and oxygen atoms in total. The lowest BCUT2D eigenvalue weighted by Gasteiger charge is -2.29. The van der Waals surface area contributed by atoms with Crippen molar-refractivity contribution in [2.45, 2.75) is 31.2 Å². The molecule has 0 bridgehead atoms. The zero-order valence-electron chi connectivity index (χ0n) is 13.4. The zero-order chi connectivity index (χ0) is 16.2. The van der Waals surface area contributed by atoms with Gasteiger partial charge < -0.3 is 23.7 Å². The predicted octanol–water partition coefficient (Wildman–Crippen LogP) is 2.18. The quantitative estimate of drug-likeness (QED) is 0.792. The zero-order valence-corrected chi connectivity index (χ0v) is 13.4. The summed E-state index contributed by atoms with van der Waals surface area (Å²) in [6.07, 6.45) is 0.598. The van der Waals surface area contributed by atoms with Crippen molar-refractivity contribution in [3.8, 4) is 5.75 Å². The smallest absolute Gasteiger partial charge is 0.334 e. The van der Waals surface area contributed by atoms with Gasteiger partial charge in [0, 0.05) is 12.2 Å². The standard InChI is InChI=1S/C17H22O6/c1-19-14-4-3-11(9-13(14)17-22-7-8-23-17)12-5-6-21-15(10-12)16(18)20-2/h3-4,9,12,15,17H,5-8,10H2,1-2H3. The Hall–Kier alpha value is -1.63. The maximum atomic E-state index is 11.7. The number of hydrogen-bond donors (Lipinski definition) is 0. The van der Waals surface area contributed by atoms with Gasteiger partial charge in [0.15, 0.2) is 12.4 Å². The lowest BCUT2D eigenvalue weighted by Crippen LogP contribution is -2.32. The summed E-state index contributed by atoms with van der Waals surface area (Å²) in [5.41, 5.74) is 2.03. The molecule has 6 heteroatoms. The maximum absolute atomic E-state index is 11.7. The summed E-state index contributed by atoms with van der Waals surface area (Å²) in [6, 6.07) is 6.01. The third-order valence-corrected chi connectivity index (χ3v) is 4.35. The van der Waals surface area contributed by atoms with E-state index in [1.807, 2.05) is 12.1 Å². The van der Waals surface area contributed by atoms with E-state index in [9.17, 15) is 4.79 Å². The number of carbonyl (C=O) groups excluding carboxylic acids is 1. The molecule has 0 spiro atoms. The molecule has 1 aromatic rings. The topological polar surface area (TPSA) is 63.2 Å². The van der Waals surface area contributed by atoms with E-state index in [0.29, 0.717) is 26.2 Å². The van der Waals surface area contributed by atoms with Crippen molar-refractivity contribution in [1.82, 2.24) is 0 Å². The van der Waals surface area contributed by atoms with Crippen LogP contribution in [-0.4, -0.2) is 46.1 Å². The van der Waals surface area contributed by atoms with E-state index in [2.05, 4.69) is 6.07 Å². The number of rotatable bonds is 4. The van der Waals surface area contributed by atoms with Crippen LogP contribution < -0.4 is 4.74 Å². The Labute approximate surface area is 135 Å². The molecule has 2 heterocycles. The van der Waals surface area contributed by atoms with E-state index >= 15 is 0 Å². The van der Waals surface area contributed by atoms with Crippen LogP contribution in [0.5, 0.6) is 5.75 Å². The molecule has 2 aliphatic rings. The highest BCUT2D eigenvalue weighted by Gasteiger charge is 2.31. The van der Waals surface area contributed by atoms with Crippen LogP contribution in [0.3, 0.4) is 0 Å². The first kappa shape index (κ1) is 16.2. The van der Waals surface area contributed by atoms with Gasteiger partial charge in [0.2, 0.25) is 0 Å². The van der Waals surface area contributed by atoms with E-state index in [1.165, 1.54) is 7.11 Å². The maximum Gasteiger partial charge on any atom is 0.334 e. The largest absolute Gasteiger partial charge is 0.496 e. The number of esters is 1. The molecular weight excluding hydrogens is 300 g/mol. The van der Waals surface area contributed by atoms with Crippen LogP contribution in [0.25, 0.3) is 0 Å². The molecule has 1 aromatic carbocycles. The van der Waals surface area contributed by atoms with E-state index in [0.717, 1.165) is 23.3 Å². The van der Waals surface area contributed by atoms with Gasteiger partial charge in [0.05, 0.1) is 27.4 Å². The average molecular weight is 322 g/mol. The van der Waals surface area contributed by atoms with Gasteiger partial charge in [0.1, 0.15) is 5.75 Å². The Bertz CT molecular complexity index is 552. The molecule has 0 amide bonds. The Balaban J connectivity index is 1.81.